The van der Waals surface area contributed by atoms with Crippen molar-refractivity contribution < 1.29 is 14.6 Å². The number of aliphatic hydroxyl groups excluding tert-OH is 1. The third-order valence-electron chi connectivity index (χ3n) is 3.52. The molecule has 4 heteroatoms. The Hall–Kier alpha value is -1.52. The lowest BCUT2D eigenvalue weighted by Gasteiger charge is -2.14. The second-order valence-electron chi connectivity index (χ2n) is 4.76. The third kappa shape index (κ3) is 2.41. The minimum absolute atomic E-state index is 0.650. The van der Waals surface area contributed by atoms with Crippen molar-refractivity contribution in [3.63, 3.8) is 0 Å². The van der Waals surface area contributed by atoms with Gasteiger partial charge in [0.1, 0.15) is 17.6 Å². The van der Waals surface area contributed by atoms with Crippen LogP contribution in [0, 0.1) is 0 Å². The van der Waals surface area contributed by atoms with E-state index in [0.29, 0.717) is 0 Å². The van der Waals surface area contributed by atoms with Crippen molar-refractivity contribution >= 4 is 15.9 Å². The van der Waals surface area contributed by atoms with Crippen molar-refractivity contribution in [3.05, 3.63) is 57.6 Å². The Morgan fingerprint density at radius 2 is 1.95 bits per heavy atom. The van der Waals surface area contributed by atoms with Gasteiger partial charge in [0.05, 0.1) is 18.2 Å². The van der Waals surface area contributed by atoms with Gasteiger partial charge < -0.3 is 14.6 Å². The van der Waals surface area contributed by atoms with Crippen LogP contribution in [0.15, 0.2) is 40.9 Å². The van der Waals surface area contributed by atoms with Crippen LogP contribution in [0.3, 0.4) is 0 Å². The molecule has 1 aliphatic rings. The summed E-state index contributed by atoms with van der Waals surface area (Å²) in [5.41, 5.74) is 2.87. The molecule has 1 N–H and O–H groups in total. The molecule has 2 aromatic carbocycles. The average molecular weight is 335 g/mol. The summed E-state index contributed by atoms with van der Waals surface area (Å²) in [6.07, 6.45) is 0.255. The molecule has 2 aromatic rings. The first kappa shape index (κ1) is 13.5. The molecule has 0 radical (unpaired) electrons. The zero-order valence-electron chi connectivity index (χ0n) is 11.1. The van der Waals surface area contributed by atoms with Gasteiger partial charge in [-0.1, -0.05) is 12.1 Å². The van der Waals surface area contributed by atoms with Crippen LogP contribution in [0.1, 0.15) is 22.8 Å². The third-order valence-corrected chi connectivity index (χ3v) is 4.14. The number of aliphatic hydroxyl groups is 1. The fourth-order valence-electron chi connectivity index (χ4n) is 2.42. The summed E-state index contributed by atoms with van der Waals surface area (Å²) in [4.78, 5) is 0. The van der Waals surface area contributed by atoms with Crippen molar-refractivity contribution in [1.29, 1.82) is 0 Å². The van der Waals surface area contributed by atoms with E-state index < -0.39 is 6.10 Å². The molecule has 1 aliphatic heterocycles. The van der Waals surface area contributed by atoms with E-state index in [2.05, 4.69) is 15.9 Å². The second kappa shape index (κ2) is 5.46. The van der Waals surface area contributed by atoms with Crippen LogP contribution >= 0.6 is 15.9 Å². The monoisotopic (exact) mass is 334 g/mol. The van der Waals surface area contributed by atoms with Crippen LogP contribution in [-0.4, -0.2) is 18.8 Å². The van der Waals surface area contributed by atoms with Crippen LogP contribution in [0.25, 0.3) is 0 Å². The minimum atomic E-state index is -0.650. The predicted molar refractivity (Wildman–Crippen MR) is 80.4 cm³/mol. The van der Waals surface area contributed by atoms with Crippen molar-refractivity contribution in [2.45, 2.75) is 12.5 Å². The van der Waals surface area contributed by atoms with E-state index in [4.69, 9.17) is 9.47 Å². The number of ether oxygens (including phenoxy) is 2. The van der Waals surface area contributed by atoms with Crippen LogP contribution < -0.4 is 9.47 Å². The van der Waals surface area contributed by atoms with Gasteiger partial charge in [-0.25, -0.2) is 0 Å². The van der Waals surface area contributed by atoms with E-state index in [-0.39, 0.29) is 0 Å². The first-order valence-corrected chi connectivity index (χ1v) is 7.25. The topological polar surface area (TPSA) is 38.7 Å². The highest BCUT2D eigenvalue weighted by molar-refractivity contribution is 9.10. The summed E-state index contributed by atoms with van der Waals surface area (Å²) in [6.45, 7) is 0.725. The molecule has 20 heavy (non-hydrogen) atoms. The highest BCUT2D eigenvalue weighted by Crippen LogP contribution is 2.33. The summed E-state index contributed by atoms with van der Waals surface area (Å²) in [6, 6.07) is 11.5. The Morgan fingerprint density at radius 1 is 1.20 bits per heavy atom. The summed E-state index contributed by atoms with van der Waals surface area (Å²) in [5.74, 6) is 1.68. The largest absolute Gasteiger partial charge is 0.496 e. The Morgan fingerprint density at radius 3 is 2.70 bits per heavy atom. The quantitative estimate of drug-likeness (QED) is 0.933. The summed E-state index contributed by atoms with van der Waals surface area (Å²) in [7, 11) is 1.62. The number of fused-ring (bicyclic) bond motifs is 1. The minimum Gasteiger partial charge on any atom is -0.496 e. The normalized spacial score (nSPS) is 14.6. The molecule has 1 atom stereocenters. The van der Waals surface area contributed by atoms with Gasteiger partial charge in [0, 0.05) is 6.42 Å². The molecule has 3 rings (SSSR count). The number of benzene rings is 2. The lowest BCUT2D eigenvalue weighted by atomic mass is 9.99. The Labute approximate surface area is 126 Å². The molecule has 0 bridgehead atoms. The molecule has 0 fully saturated rings. The number of hydrogen-bond donors (Lipinski definition) is 1. The summed E-state index contributed by atoms with van der Waals surface area (Å²) in [5, 5.41) is 10.5. The van der Waals surface area contributed by atoms with E-state index in [9.17, 15) is 5.11 Å². The van der Waals surface area contributed by atoms with Crippen LogP contribution in [0.2, 0.25) is 0 Å². The molecule has 0 aromatic heterocycles. The standard InChI is InChI=1S/C16H15BrO3/c1-19-15-5-3-12(9-13(15)17)16(18)11-2-4-14-10(8-11)6-7-20-14/h2-5,8-9,16,18H,6-7H2,1H3. The Bertz CT molecular complexity index is 640. The maximum atomic E-state index is 10.5. The van der Waals surface area contributed by atoms with E-state index in [0.717, 1.165) is 45.7 Å². The van der Waals surface area contributed by atoms with E-state index in [1.165, 1.54) is 0 Å². The number of methoxy groups -OCH3 is 1. The molecule has 1 heterocycles. The first-order valence-electron chi connectivity index (χ1n) is 6.46. The highest BCUT2D eigenvalue weighted by Gasteiger charge is 2.17. The molecule has 0 saturated carbocycles. The van der Waals surface area contributed by atoms with Gasteiger partial charge in [-0.2, -0.15) is 0 Å². The lowest BCUT2D eigenvalue weighted by molar-refractivity contribution is 0.220. The fourth-order valence-corrected chi connectivity index (χ4v) is 2.98. The smallest absolute Gasteiger partial charge is 0.133 e. The lowest BCUT2D eigenvalue weighted by Crippen LogP contribution is -2.00. The molecular weight excluding hydrogens is 320 g/mol. The SMILES string of the molecule is COc1ccc(C(O)c2ccc3c(c2)CCO3)cc1Br. The maximum absolute atomic E-state index is 10.5. The van der Waals surface area contributed by atoms with Crippen molar-refractivity contribution in [2.24, 2.45) is 0 Å². The van der Waals surface area contributed by atoms with E-state index in [1.807, 2.05) is 36.4 Å². The second-order valence-corrected chi connectivity index (χ2v) is 5.62. The zero-order valence-corrected chi connectivity index (χ0v) is 12.7. The molecule has 0 spiro atoms. The number of rotatable bonds is 3. The zero-order chi connectivity index (χ0) is 14.1. The molecular formula is C16H15BrO3. The van der Waals surface area contributed by atoms with Gasteiger partial charge in [-0.05, 0) is 56.9 Å². The van der Waals surface area contributed by atoms with Gasteiger partial charge in [0.2, 0.25) is 0 Å². The summed E-state index contributed by atoms with van der Waals surface area (Å²) < 4.78 is 11.5. The number of hydrogen-bond acceptors (Lipinski definition) is 3. The summed E-state index contributed by atoms with van der Waals surface area (Å²) >= 11 is 3.44. The van der Waals surface area contributed by atoms with Crippen LogP contribution in [0.4, 0.5) is 0 Å². The molecule has 1 unspecified atom stereocenters. The van der Waals surface area contributed by atoms with E-state index in [1.54, 1.807) is 7.11 Å². The fraction of sp³-hybridized carbons (Fsp3) is 0.250. The molecule has 0 amide bonds. The Kier molecular flexibility index (Phi) is 3.68. The molecule has 104 valence electrons. The molecule has 0 aliphatic carbocycles. The first-order chi connectivity index (χ1) is 9.69. The van der Waals surface area contributed by atoms with Crippen molar-refractivity contribution in [1.82, 2.24) is 0 Å². The molecule has 0 saturated heterocycles. The van der Waals surface area contributed by atoms with Gasteiger partial charge >= 0.3 is 0 Å². The van der Waals surface area contributed by atoms with E-state index >= 15 is 0 Å². The predicted octanol–water partition coefficient (Wildman–Crippen LogP) is 3.47. The van der Waals surface area contributed by atoms with Gasteiger partial charge in [0.15, 0.2) is 0 Å². The van der Waals surface area contributed by atoms with Gasteiger partial charge in [-0.3, -0.25) is 0 Å². The average Bonchev–Trinajstić information content (AvgIpc) is 2.93. The molecule has 3 nitrogen and oxygen atoms in total. The van der Waals surface area contributed by atoms with Crippen molar-refractivity contribution in [2.75, 3.05) is 13.7 Å². The highest BCUT2D eigenvalue weighted by atomic mass is 79.9. The maximum Gasteiger partial charge on any atom is 0.133 e. The van der Waals surface area contributed by atoms with Gasteiger partial charge in [0.25, 0.3) is 0 Å². The van der Waals surface area contributed by atoms with Gasteiger partial charge in [-0.15, -0.1) is 0 Å². The van der Waals surface area contributed by atoms with Crippen molar-refractivity contribution in [3.8, 4) is 11.5 Å². The van der Waals surface area contributed by atoms with Crippen LogP contribution in [0.5, 0.6) is 11.5 Å². The Balaban J connectivity index is 1.92. The number of halogens is 1. The van der Waals surface area contributed by atoms with Crippen LogP contribution in [-0.2, 0) is 6.42 Å².